The standard InChI is InChI=1S/C11H12N4O4S/c1-19-15-6-2-3-8(16)7(4-6)10-12-11(14-13-10)20-5-9(17)18/h2-4,15-16H,5H2,1H3,(H,17,18)(H,12,13,14). The van der Waals surface area contributed by atoms with E-state index in [1.807, 2.05) is 0 Å². The van der Waals surface area contributed by atoms with Crippen LogP contribution in [0.5, 0.6) is 5.75 Å². The average Bonchev–Trinajstić information content (AvgIpc) is 2.87. The number of thioether (sulfide) groups is 1. The van der Waals surface area contributed by atoms with Gasteiger partial charge in [0.05, 0.1) is 24.1 Å². The Balaban J connectivity index is 2.22. The number of aromatic nitrogens is 3. The number of aromatic amines is 1. The molecule has 0 amide bonds. The molecule has 0 aliphatic rings. The Morgan fingerprint density at radius 1 is 1.50 bits per heavy atom. The fraction of sp³-hybridized carbons (Fsp3) is 0.182. The molecule has 2 rings (SSSR count). The van der Waals surface area contributed by atoms with Crippen LogP contribution >= 0.6 is 11.8 Å². The fourth-order valence-electron chi connectivity index (χ4n) is 1.47. The SMILES string of the molecule is CONc1ccc(O)c(-c2nnc(SCC(=O)O)[nH]2)c1. The number of carboxylic acids is 1. The van der Waals surface area contributed by atoms with Gasteiger partial charge in [-0.15, -0.1) is 10.2 Å². The number of anilines is 1. The van der Waals surface area contributed by atoms with Gasteiger partial charge in [0.25, 0.3) is 0 Å². The second-order valence-corrected chi connectivity index (χ2v) is 4.66. The van der Waals surface area contributed by atoms with E-state index in [4.69, 9.17) is 9.94 Å². The lowest BCUT2D eigenvalue weighted by Crippen LogP contribution is -1.97. The van der Waals surface area contributed by atoms with Crippen molar-refractivity contribution in [3.8, 4) is 17.1 Å². The molecule has 0 saturated heterocycles. The van der Waals surface area contributed by atoms with E-state index in [1.165, 1.54) is 13.2 Å². The molecule has 0 unspecified atom stereocenters. The molecule has 0 bridgehead atoms. The van der Waals surface area contributed by atoms with Crippen molar-refractivity contribution in [1.29, 1.82) is 0 Å². The summed E-state index contributed by atoms with van der Waals surface area (Å²) in [7, 11) is 1.47. The van der Waals surface area contributed by atoms with Crippen LogP contribution in [-0.2, 0) is 9.63 Å². The van der Waals surface area contributed by atoms with Crippen LogP contribution in [-0.4, -0.2) is 44.2 Å². The number of rotatable bonds is 6. The molecule has 20 heavy (non-hydrogen) atoms. The topological polar surface area (TPSA) is 120 Å². The zero-order valence-electron chi connectivity index (χ0n) is 10.5. The fourth-order valence-corrected chi connectivity index (χ4v) is 2.00. The molecule has 0 spiro atoms. The highest BCUT2D eigenvalue weighted by Crippen LogP contribution is 2.30. The van der Waals surface area contributed by atoms with Gasteiger partial charge < -0.3 is 15.2 Å². The Hall–Kier alpha value is -2.26. The number of H-pyrrole nitrogens is 1. The van der Waals surface area contributed by atoms with Gasteiger partial charge in [0.1, 0.15) is 5.75 Å². The highest BCUT2D eigenvalue weighted by Gasteiger charge is 2.12. The summed E-state index contributed by atoms with van der Waals surface area (Å²) in [6.45, 7) is 0. The number of phenolic OH excluding ortho intramolecular Hbond substituents is 1. The van der Waals surface area contributed by atoms with Gasteiger partial charge in [-0.3, -0.25) is 15.1 Å². The van der Waals surface area contributed by atoms with E-state index in [2.05, 4.69) is 20.7 Å². The molecule has 0 atom stereocenters. The van der Waals surface area contributed by atoms with Crippen molar-refractivity contribution >= 4 is 23.4 Å². The molecule has 1 heterocycles. The number of hydrogen-bond acceptors (Lipinski definition) is 7. The maximum Gasteiger partial charge on any atom is 0.313 e. The first kappa shape index (κ1) is 14.2. The zero-order chi connectivity index (χ0) is 14.5. The predicted molar refractivity (Wildman–Crippen MR) is 72.5 cm³/mol. The van der Waals surface area contributed by atoms with Gasteiger partial charge in [-0.25, -0.2) is 0 Å². The number of benzene rings is 1. The lowest BCUT2D eigenvalue weighted by Gasteiger charge is -2.06. The van der Waals surface area contributed by atoms with Gasteiger partial charge in [0.2, 0.25) is 0 Å². The second kappa shape index (κ2) is 6.26. The van der Waals surface area contributed by atoms with Crippen LogP contribution in [0, 0.1) is 0 Å². The number of phenols is 1. The van der Waals surface area contributed by atoms with Crippen molar-refractivity contribution in [2.75, 3.05) is 18.3 Å². The van der Waals surface area contributed by atoms with Crippen LogP contribution < -0.4 is 5.48 Å². The van der Waals surface area contributed by atoms with Crippen molar-refractivity contribution < 1.29 is 19.8 Å². The molecular weight excluding hydrogens is 284 g/mol. The monoisotopic (exact) mass is 296 g/mol. The summed E-state index contributed by atoms with van der Waals surface area (Å²) < 4.78 is 0. The average molecular weight is 296 g/mol. The van der Waals surface area contributed by atoms with Gasteiger partial charge in [-0.05, 0) is 18.2 Å². The van der Waals surface area contributed by atoms with Gasteiger partial charge in [0.15, 0.2) is 11.0 Å². The van der Waals surface area contributed by atoms with Gasteiger partial charge in [-0.2, -0.15) is 0 Å². The molecule has 0 radical (unpaired) electrons. The van der Waals surface area contributed by atoms with E-state index in [0.717, 1.165) is 11.8 Å². The molecule has 8 nitrogen and oxygen atoms in total. The van der Waals surface area contributed by atoms with E-state index in [0.29, 0.717) is 22.2 Å². The lowest BCUT2D eigenvalue weighted by atomic mass is 10.1. The number of carboxylic acid groups (broad SMARTS) is 1. The summed E-state index contributed by atoms with van der Waals surface area (Å²) in [6, 6.07) is 4.76. The Morgan fingerprint density at radius 3 is 3.00 bits per heavy atom. The minimum absolute atomic E-state index is 0.0255. The number of hydrogen-bond donors (Lipinski definition) is 4. The van der Waals surface area contributed by atoms with Crippen LogP contribution in [0.3, 0.4) is 0 Å². The number of carbonyl (C=O) groups is 1. The number of aromatic hydroxyl groups is 1. The van der Waals surface area contributed by atoms with Crippen LogP contribution in [0.15, 0.2) is 23.4 Å². The highest BCUT2D eigenvalue weighted by atomic mass is 32.2. The number of aliphatic carboxylic acids is 1. The maximum atomic E-state index is 10.5. The molecule has 106 valence electrons. The first-order valence-electron chi connectivity index (χ1n) is 5.50. The Kier molecular flexibility index (Phi) is 4.43. The van der Waals surface area contributed by atoms with Crippen LogP contribution in [0.1, 0.15) is 0 Å². The van der Waals surface area contributed by atoms with E-state index in [9.17, 15) is 9.90 Å². The van der Waals surface area contributed by atoms with E-state index >= 15 is 0 Å². The summed E-state index contributed by atoms with van der Waals surface area (Å²) in [5.41, 5.74) is 3.70. The van der Waals surface area contributed by atoms with Gasteiger partial charge in [0, 0.05) is 0 Å². The molecule has 0 aliphatic carbocycles. The molecule has 1 aromatic carbocycles. The Morgan fingerprint density at radius 2 is 2.30 bits per heavy atom. The Bertz CT molecular complexity index is 616. The van der Waals surface area contributed by atoms with Crippen LogP contribution in [0.25, 0.3) is 11.4 Å². The van der Waals surface area contributed by atoms with Crippen molar-refractivity contribution in [3.63, 3.8) is 0 Å². The maximum absolute atomic E-state index is 10.5. The number of nitrogens with one attached hydrogen (secondary N) is 2. The molecular formula is C11H12N4O4S. The minimum Gasteiger partial charge on any atom is -0.507 e. The summed E-state index contributed by atoms with van der Waals surface area (Å²) in [6.07, 6.45) is 0. The largest absolute Gasteiger partial charge is 0.507 e. The predicted octanol–water partition coefficient (Wildman–Crippen LogP) is 1.33. The van der Waals surface area contributed by atoms with E-state index in [1.54, 1.807) is 12.1 Å². The Labute approximate surface area is 118 Å². The van der Waals surface area contributed by atoms with Crippen molar-refractivity contribution in [1.82, 2.24) is 15.2 Å². The summed E-state index contributed by atoms with van der Waals surface area (Å²) in [5.74, 6) is -0.693. The summed E-state index contributed by atoms with van der Waals surface area (Å²) in [5, 5.41) is 26.5. The molecule has 4 N–H and O–H groups in total. The van der Waals surface area contributed by atoms with Crippen molar-refractivity contribution in [3.05, 3.63) is 18.2 Å². The lowest BCUT2D eigenvalue weighted by molar-refractivity contribution is -0.133. The molecule has 2 aromatic rings. The first-order valence-corrected chi connectivity index (χ1v) is 6.48. The molecule has 0 saturated carbocycles. The molecule has 0 fully saturated rings. The van der Waals surface area contributed by atoms with Crippen LogP contribution in [0.2, 0.25) is 0 Å². The second-order valence-electron chi connectivity index (χ2n) is 3.70. The quantitative estimate of drug-likeness (QED) is 0.358. The molecule has 9 heteroatoms. The zero-order valence-corrected chi connectivity index (χ0v) is 11.3. The summed E-state index contributed by atoms with van der Waals surface area (Å²) in [4.78, 5) is 18.1. The summed E-state index contributed by atoms with van der Waals surface area (Å²) >= 11 is 1.01. The third-order valence-electron chi connectivity index (χ3n) is 2.27. The van der Waals surface area contributed by atoms with E-state index in [-0.39, 0.29) is 11.5 Å². The number of nitrogens with zero attached hydrogens (tertiary/aromatic N) is 2. The van der Waals surface area contributed by atoms with E-state index < -0.39 is 5.97 Å². The van der Waals surface area contributed by atoms with Crippen LogP contribution in [0.4, 0.5) is 5.69 Å². The first-order chi connectivity index (χ1) is 9.60. The highest BCUT2D eigenvalue weighted by molar-refractivity contribution is 7.99. The normalized spacial score (nSPS) is 10.4. The van der Waals surface area contributed by atoms with Crippen molar-refractivity contribution in [2.24, 2.45) is 0 Å². The third kappa shape index (κ3) is 3.39. The molecule has 1 aromatic heterocycles. The molecule has 0 aliphatic heterocycles. The van der Waals surface area contributed by atoms with Crippen molar-refractivity contribution in [2.45, 2.75) is 5.16 Å². The minimum atomic E-state index is -0.943. The van der Waals surface area contributed by atoms with Gasteiger partial charge in [-0.1, -0.05) is 11.8 Å². The smallest absolute Gasteiger partial charge is 0.313 e. The third-order valence-corrected chi connectivity index (χ3v) is 3.12. The van der Waals surface area contributed by atoms with Gasteiger partial charge >= 0.3 is 5.97 Å².